The molecule has 0 radical (unpaired) electrons. The van der Waals surface area contributed by atoms with Crippen LogP contribution in [0.3, 0.4) is 0 Å². The van der Waals surface area contributed by atoms with Gasteiger partial charge in [0.2, 0.25) is 5.91 Å². The first-order chi connectivity index (χ1) is 15.4. The van der Waals surface area contributed by atoms with Crippen molar-refractivity contribution in [3.63, 3.8) is 0 Å². The van der Waals surface area contributed by atoms with Crippen molar-refractivity contribution in [1.29, 1.82) is 0 Å². The van der Waals surface area contributed by atoms with Gasteiger partial charge < -0.3 is 20.1 Å². The van der Waals surface area contributed by atoms with Gasteiger partial charge in [-0.3, -0.25) is 14.9 Å². The standard InChI is InChI=1S/C22H28ClF2N3O4/c1-31-22-15(6-11(24)9-26-22)21(30)28-19-8-18(13-3-4-14(13)19)27-20(29)10-32-12-2-5-16(23)17(25)7-12/h2,5,7,11,13-15,18-19,22,26H,3-4,6,8-10H2,1H3,(H,27,29)(H,28,30)/t11?,13?,14?,15?,18-,19?,22?/m0/s1. The summed E-state index contributed by atoms with van der Waals surface area (Å²) in [5.41, 5.74) is 0. The molecule has 2 saturated carbocycles. The number of hydrogen-bond donors (Lipinski definition) is 3. The molecule has 176 valence electrons. The van der Waals surface area contributed by atoms with E-state index in [2.05, 4.69) is 16.0 Å². The summed E-state index contributed by atoms with van der Waals surface area (Å²) in [7, 11) is 1.50. The molecule has 0 bridgehead atoms. The number of rotatable bonds is 7. The van der Waals surface area contributed by atoms with Gasteiger partial charge in [0.15, 0.2) is 6.61 Å². The zero-order valence-corrected chi connectivity index (χ0v) is 18.5. The van der Waals surface area contributed by atoms with Crippen molar-refractivity contribution in [2.45, 2.75) is 50.2 Å². The smallest absolute Gasteiger partial charge is 0.258 e. The molecule has 1 aliphatic heterocycles. The minimum absolute atomic E-state index is 0.0141. The van der Waals surface area contributed by atoms with Crippen molar-refractivity contribution in [3.8, 4) is 5.75 Å². The van der Waals surface area contributed by atoms with Crippen LogP contribution in [0.1, 0.15) is 25.7 Å². The summed E-state index contributed by atoms with van der Waals surface area (Å²) in [6.07, 6.45) is 1.10. The monoisotopic (exact) mass is 471 g/mol. The lowest BCUT2D eigenvalue weighted by molar-refractivity contribution is -0.135. The normalized spacial score (nSPS) is 33.7. The fraction of sp³-hybridized carbons (Fsp3) is 0.636. The first-order valence-corrected chi connectivity index (χ1v) is 11.3. The third-order valence-corrected chi connectivity index (χ3v) is 7.17. The van der Waals surface area contributed by atoms with Gasteiger partial charge in [-0.15, -0.1) is 0 Å². The van der Waals surface area contributed by atoms with Gasteiger partial charge in [-0.1, -0.05) is 11.6 Å². The van der Waals surface area contributed by atoms with Crippen LogP contribution < -0.4 is 20.7 Å². The molecule has 1 saturated heterocycles. The van der Waals surface area contributed by atoms with Gasteiger partial charge in [0.1, 0.15) is 24.0 Å². The molecule has 7 nitrogen and oxygen atoms in total. The van der Waals surface area contributed by atoms with Crippen LogP contribution in [0.5, 0.6) is 5.75 Å². The quantitative estimate of drug-likeness (QED) is 0.567. The molecule has 0 aromatic heterocycles. The average Bonchev–Trinajstić information content (AvgIpc) is 2.95. The van der Waals surface area contributed by atoms with Crippen LogP contribution in [0.15, 0.2) is 18.2 Å². The maximum atomic E-state index is 13.8. The molecule has 2 aliphatic carbocycles. The lowest BCUT2D eigenvalue weighted by Crippen LogP contribution is -2.54. The van der Waals surface area contributed by atoms with Crippen LogP contribution in [0, 0.1) is 23.6 Å². The largest absolute Gasteiger partial charge is 0.484 e. The number of amides is 2. The number of benzene rings is 1. The summed E-state index contributed by atoms with van der Waals surface area (Å²) in [4.78, 5) is 25.2. The Morgan fingerprint density at radius 2 is 1.91 bits per heavy atom. The second-order valence-electron chi connectivity index (χ2n) is 8.80. The number of fused-ring (bicyclic) bond motifs is 1. The summed E-state index contributed by atoms with van der Waals surface area (Å²) in [6, 6.07) is 3.85. The lowest BCUT2D eigenvalue weighted by atomic mass is 9.73. The highest BCUT2D eigenvalue weighted by atomic mass is 35.5. The zero-order chi connectivity index (χ0) is 22.8. The predicted molar refractivity (Wildman–Crippen MR) is 113 cm³/mol. The molecule has 1 aromatic rings. The van der Waals surface area contributed by atoms with Crippen LogP contribution in [-0.2, 0) is 14.3 Å². The summed E-state index contributed by atoms with van der Waals surface area (Å²) in [6.45, 7) is -0.0671. The van der Waals surface area contributed by atoms with Gasteiger partial charge in [0.25, 0.3) is 5.91 Å². The molecule has 0 spiro atoms. The maximum absolute atomic E-state index is 13.8. The molecular formula is C22H28ClF2N3O4. The minimum atomic E-state index is -1.08. The van der Waals surface area contributed by atoms with E-state index in [4.69, 9.17) is 21.1 Å². The second-order valence-corrected chi connectivity index (χ2v) is 9.21. The predicted octanol–water partition coefficient (Wildman–Crippen LogP) is 2.18. The molecule has 1 heterocycles. The van der Waals surface area contributed by atoms with Crippen LogP contribution in [-0.4, -0.2) is 56.6 Å². The number of piperidine rings is 1. The highest BCUT2D eigenvalue weighted by molar-refractivity contribution is 6.30. The molecule has 4 rings (SSSR count). The molecule has 3 aliphatic rings. The zero-order valence-electron chi connectivity index (χ0n) is 17.8. The van der Waals surface area contributed by atoms with Gasteiger partial charge in [-0.05, 0) is 49.7 Å². The number of methoxy groups -OCH3 is 1. The van der Waals surface area contributed by atoms with E-state index in [1.807, 2.05) is 0 Å². The summed E-state index contributed by atoms with van der Waals surface area (Å²) < 4.78 is 38.0. The molecule has 3 fully saturated rings. The van der Waals surface area contributed by atoms with E-state index < -0.39 is 24.1 Å². The van der Waals surface area contributed by atoms with E-state index in [9.17, 15) is 18.4 Å². The van der Waals surface area contributed by atoms with Gasteiger partial charge >= 0.3 is 0 Å². The number of halogens is 3. The van der Waals surface area contributed by atoms with Crippen LogP contribution in [0.4, 0.5) is 8.78 Å². The van der Waals surface area contributed by atoms with E-state index in [-0.39, 0.29) is 66.1 Å². The Hall–Kier alpha value is -1.97. The number of ether oxygens (including phenoxy) is 2. The van der Waals surface area contributed by atoms with Gasteiger partial charge in [0.05, 0.1) is 10.9 Å². The van der Waals surface area contributed by atoms with Crippen molar-refractivity contribution < 1.29 is 27.8 Å². The van der Waals surface area contributed by atoms with Crippen LogP contribution in [0.2, 0.25) is 5.02 Å². The highest BCUT2D eigenvalue weighted by Gasteiger charge is 2.50. The second kappa shape index (κ2) is 9.89. The number of carbonyl (C=O) groups is 2. The fourth-order valence-corrected chi connectivity index (χ4v) is 5.24. The summed E-state index contributed by atoms with van der Waals surface area (Å²) in [5.74, 6) is -0.937. The van der Waals surface area contributed by atoms with E-state index in [1.54, 1.807) is 0 Å². The molecule has 1 aromatic carbocycles. The van der Waals surface area contributed by atoms with E-state index in [0.717, 1.165) is 18.9 Å². The van der Waals surface area contributed by atoms with Crippen molar-refractivity contribution in [2.75, 3.05) is 20.3 Å². The number of alkyl halides is 1. The van der Waals surface area contributed by atoms with Crippen molar-refractivity contribution >= 4 is 23.4 Å². The third kappa shape index (κ3) is 5.00. The maximum Gasteiger partial charge on any atom is 0.258 e. The Morgan fingerprint density at radius 1 is 1.19 bits per heavy atom. The molecule has 10 heteroatoms. The fourth-order valence-electron chi connectivity index (χ4n) is 5.12. The Bertz CT molecular complexity index is 860. The minimum Gasteiger partial charge on any atom is -0.484 e. The summed E-state index contributed by atoms with van der Waals surface area (Å²) >= 11 is 5.65. The lowest BCUT2D eigenvalue weighted by Gasteiger charge is -2.37. The van der Waals surface area contributed by atoms with Crippen molar-refractivity contribution in [2.24, 2.45) is 17.8 Å². The topological polar surface area (TPSA) is 88.7 Å². The van der Waals surface area contributed by atoms with Crippen molar-refractivity contribution in [1.82, 2.24) is 16.0 Å². The van der Waals surface area contributed by atoms with Gasteiger partial charge in [-0.25, -0.2) is 8.78 Å². The van der Waals surface area contributed by atoms with E-state index in [0.29, 0.717) is 6.42 Å². The molecule has 3 N–H and O–H groups in total. The summed E-state index contributed by atoms with van der Waals surface area (Å²) in [5, 5.41) is 8.96. The first-order valence-electron chi connectivity index (χ1n) is 10.9. The SMILES string of the molecule is COC1NCC(F)CC1C(=O)NC1C[C@H](NC(=O)COc2ccc(Cl)c(F)c2)C2CCC12. The number of carbonyl (C=O) groups excluding carboxylic acids is 2. The number of nitrogens with one attached hydrogen (secondary N) is 3. The van der Waals surface area contributed by atoms with Crippen molar-refractivity contribution in [3.05, 3.63) is 29.0 Å². The van der Waals surface area contributed by atoms with Crippen LogP contribution >= 0.6 is 11.6 Å². The Balaban J connectivity index is 1.29. The van der Waals surface area contributed by atoms with E-state index in [1.165, 1.54) is 19.2 Å². The number of hydrogen-bond acceptors (Lipinski definition) is 5. The Kier molecular flexibility index (Phi) is 7.17. The molecule has 2 amide bonds. The van der Waals surface area contributed by atoms with Gasteiger partial charge in [-0.2, -0.15) is 0 Å². The Morgan fingerprint density at radius 3 is 2.56 bits per heavy atom. The van der Waals surface area contributed by atoms with E-state index >= 15 is 0 Å². The molecule has 32 heavy (non-hydrogen) atoms. The first kappa shape index (κ1) is 23.2. The Labute approximate surface area is 190 Å². The molecule has 7 atom stereocenters. The van der Waals surface area contributed by atoms with Crippen LogP contribution in [0.25, 0.3) is 0 Å². The molecular weight excluding hydrogens is 444 g/mol. The average molecular weight is 472 g/mol. The third-order valence-electron chi connectivity index (χ3n) is 6.87. The molecule has 6 unspecified atom stereocenters. The highest BCUT2D eigenvalue weighted by Crippen LogP contribution is 2.47. The van der Waals surface area contributed by atoms with Gasteiger partial charge in [0, 0.05) is 31.8 Å².